The molecule has 0 aliphatic carbocycles. The molecular weight excluding hydrogens is 429 g/mol. The summed E-state index contributed by atoms with van der Waals surface area (Å²) in [7, 11) is 0. The highest BCUT2D eigenvalue weighted by molar-refractivity contribution is 5.99. The Morgan fingerprint density at radius 2 is 2.09 bits per heavy atom. The van der Waals surface area contributed by atoms with Crippen LogP contribution in [-0.2, 0) is 11.3 Å². The maximum Gasteiger partial charge on any atom is 0.314 e. The van der Waals surface area contributed by atoms with Gasteiger partial charge in [0.1, 0.15) is 17.7 Å². The van der Waals surface area contributed by atoms with E-state index >= 15 is 0 Å². The summed E-state index contributed by atoms with van der Waals surface area (Å²) in [4.78, 5) is 19.1. The lowest BCUT2D eigenvalue weighted by atomic mass is 10.0. The van der Waals surface area contributed by atoms with Crippen LogP contribution in [0.3, 0.4) is 0 Å². The summed E-state index contributed by atoms with van der Waals surface area (Å²) in [6.07, 6.45) is -1.36. The maximum atomic E-state index is 13.5. The average molecular weight is 446 g/mol. The van der Waals surface area contributed by atoms with Crippen LogP contribution in [0.25, 0.3) is 11.5 Å². The number of alkyl halides is 2. The molecule has 0 bridgehead atoms. The number of benzene rings is 1. The summed E-state index contributed by atoms with van der Waals surface area (Å²) < 4.78 is 55.5. The molecule has 2 aromatic heterocycles. The van der Waals surface area contributed by atoms with Gasteiger partial charge in [-0.2, -0.15) is 8.78 Å². The zero-order chi connectivity index (χ0) is 22.2. The van der Waals surface area contributed by atoms with Gasteiger partial charge in [-0.1, -0.05) is 6.07 Å². The van der Waals surface area contributed by atoms with E-state index in [0.29, 0.717) is 30.0 Å². The van der Waals surface area contributed by atoms with Crippen molar-refractivity contribution in [2.24, 2.45) is 0 Å². The third-order valence-corrected chi connectivity index (χ3v) is 5.40. The van der Waals surface area contributed by atoms with Gasteiger partial charge >= 0.3 is 6.43 Å². The molecule has 0 spiro atoms. The summed E-state index contributed by atoms with van der Waals surface area (Å²) >= 11 is 0. The topological polar surface area (TPSA) is 90.6 Å². The van der Waals surface area contributed by atoms with Crippen LogP contribution in [-0.4, -0.2) is 51.3 Å². The number of halogens is 3. The first-order chi connectivity index (χ1) is 15.5. The molecule has 0 N–H and O–H groups in total. The summed E-state index contributed by atoms with van der Waals surface area (Å²) in [6, 6.07) is 6.91. The molecule has 2 aliphatic rings. The zero-order valence-electron chi connectivity index (χ0n) is 16.6. The average Bonchev–Trinajstić information content (AvgIpc) is 3.40. The van der Waals surface area contributed by atoms with E-state index in [4.69, 9.17) is 13.9 Å². The van der Waals surface area contributed by atoms with Crippen LogP contribution in [0.15, 0.2) is 40.9 Å². The van der Waals surface area contributed by atoms with Gasteiger partial charge in [0.25, 0.3) is 11.8 Å². The fourth-order valence-corrected chi connectivity index (χ4v) is 3.86. The quantitative estimate of drug-likeness (QED) is 0.593. The van der Waals surface area contributed by atoms with Crippen molar-refractivity contribution in [2.45, 2.75) is 31.5 Å². The van der Waals surface area contributed by atoms with Crippen LogP contribution in [0.5, 0.6) is 5.75 Å². The highest BCUT2D eigenvalue weighted by Crippen LogP contribution is 2.31. The van der Waals surface area contributed by atoms with Crippen LogP contribution in [0.2, 0.25) is 0 Å². The highest BCUT2D eigenvalue weighted by atomic mass is 19.3. The molecule has 1 aromatic carbocycles. The van der Waals surface area contributed by atoms with E-state index in [1.807, 2.05) is 0 Å². The van der Waals surface area contributed by atoms with Gasteiger partial charge < -0.3 is 18.8 Å². The molecule has 0 radical (unpaired) electrons. The lowest BCUT2D eigenvalue weighted by Crippen LogP contribution is -2.52. The molecule has 8 nitrogen and oxygen atoms in total. The predicted molar refractivity (Wildman–Crippen MR) is 102 cm³/mol. The SMILES string of the molecule is O=C1c2cc(-c3nnc(C(F)F)o3)cnc2CN1[C@@H]1COCC[C@H]1Oc1cccc(F)c1. The molecule has 166 valence electrons. The number of hydrogen-bond acceptors (Lipinski definition) is 7. The second kappa shape index (κ2) is 8.23. The van der Waals surface area contributed by atoms with Gasteiger partial charge in [0, 0.05) is 18.7 Å². The fraction of sp³-hybridized carbons (Fsp3) is 0.333. The number of carbonyl (C=O) groups is 1. The number of ether oxygens (including phenoxy) is 2. The van der Waals surface area contributed by atoms with Crippen LogP contribution in [0.1, 0.15) is 34.8 Å². The van der Waals surface area contributed by atoms with Gasteiger partial charge in [-0.05, 0) is 18.2 Å². The second-order valence-electron chi connectivity index (χ2n) is 7.44. The predicted octanol–water partition coefficient (Wildman–Crippen LogP) is 3.40. The van der Waals surface area contributed by atoms with Gasteiger partial charge in [0.2, 0.25) is 5.89 Å². The van der Waals surface area contributed by atoms with Crippen LogP contribution >= 0.6 is 0 Å². The maximum absolute atomic E-state index is 13.5. The minimum Gasteiger partial charge on any atom is -0.488 e. The molecular formula is C21H17F3N4O4. The van der Waals surface area contributed by atoms with Crippen molar-refractivity contribution in [3.63, 3.8) is 0 Å². The Balaban J connectivity index is 1.38. The first-order valence-corrected chi connectivity index (χ1v) is 9.91. The zero-order valence-corrected chi connectivity index (χ0v) is 16.6. The molecule has 1 amide bonds. The van der Waals surface area contributed by atoms with E-state index in [0.717, 1.165) is 0 Å². The van der Waals surface area contributed by atoms with Gasteiger partial charge in [-0.25, -0.2) is 4.39 Å². The van der Waals surface area contributed by atoms with Crippen molar-refractivity contribution in [2.75, 3.05) is 13.2 Å². The number of pyridine rings is 1. The van der Waals surface area contributed by atoms with Gasteiger partial charge in [0.15, 0.2) is 0 Å². The Morgan fingerprint density at radius 3 is 2.88 bits per heavy atom. The number of nitrogens with zero attached hydrogens (tertiary/aromatic N) is 4. The molecule has 0 saturated carbocycles. The minimum absolute atomic E-state index is 0.143. The number of fused-ring (bicyclic) bond motifs is 1. The fourth-order valence-electron chi connectivity index (χ4n) is 3.86. The van der Waals surface area contributed by atoms with Crippen LogP contribution < -0.4 is 4.74 Å². The van der Waals surface area contributed by atoms with E-state index in [2.05, 4.69) is 15.2 Å². The van der Waals surface area contributed by atoms with Gasteiger partial charge in [-0.3, -0.25) is 9.78 Å². The van der Waals surface area contributed by atoms with E-state index in [1.165, 1.54) is 24.4 Å². The minimum atomic E-state index is -2.89. The summed E-state index contributed by atoms with van der Waals surface area (Å²) in [6.45, 7) is 0.947. The Kier molecular flexibility index (Phi) is 5.25. The molecule has 4 heterocycles. The Bertz CT molecular complexity index is 1160. The van der Waals surface area contributed by atoms with Crippen molar-refractivity contribution in [3.8, 4) is 17.2 Å². The molecule has 1 fully saturated rings. The summed E-state index contributed by atoms with van der Waals surface area (Å²) in [5.41, 5.74) is 1.11. The second-order valence-corrected chi connectivity index (χ2v) is 7.44. The normalized spacial score (nSPS) is 20.6. The van der Waals surface area contributed by atoms with Crippen molar-refractivity contribution >= 4 is 5.91 Å². The van der Waals surface area contributed by atoms with E-state index in [1.54, 1.807) is 17.0 Å². The van der Waals surface area contributed by atoms with Crippen molar-refractivity contribution in [3.05, 3.63) is 59.5 Å². The first kappa shape index (κ1) is 20.4. The van der Waals surface area contributed by atoms with E-state index in [9.17, 15) is 18.0 Å². The Morgan fingerprint density at radius 1 is 1.22 bits per heavy atom. The molecule has 0 unspecified atom stereocenters. The standard InChI is InChI=1S/C21H17F3N4O4/c22-12-2-1-3-13(7-12)31-17-4-5-30-10-16(17)28-9-15-14(21(28)29)6-11(8-25-15)19-26-27-20(32-19)18(23)24/h1-3,6-8,16-18H,4-5,9-10H2/t16-,17-/m1/s1. The van der Waals surface area contributed by atoms with Crippen LogP contribution in [0, 0.1) is 5.82 Å². The molecule has 1 saturated heterocycles. The number of aromatic nitrogens is 3. The molecule has 11 heteroatoms. The summed E-state index contributed by atoms with van der Waals surface area (Å²) in [5.74, 6) is -1.28. The first-order valence-electron chi connectivity index (χ1n) is 9.91. The smallest absolute Gasteiger partial charge is 0.314 e. The molecule has 32 heavy (non-hydrogen) atoms. The monoisotopic (exact) mass is 446 g/mol. The number of amides is 1. The van der Waals surface area contributed by atoms with E-state index < -0.39 is 30.3 Å². The van der Waals surface area contributed by atoms with E-state index in [-0.39, 0.29) is 30.5 Å². The Labute approximate surface area is 180 Å². The third kappa shape index (κ3) is 3.79. The third-order valence-electron chi connectivity index (χ3n) is 5.40. The number of carbonyl (C=O) groups excluding carboxylic acids is 1. The number of hydrogen-bond donors (Lipinski definition) is 0. The Hall–Kier alpha value is -3.47. The molecule has 5 rings (SSSR count). The number of rotatable bonds is 5. The lowest BCUT2D eigenvalue weighted by molar-refractivity contribution is -0.0431. The van der Waals surface area contributed by atoms with Gasteiger partial charge in [-0.15, -0.1) is 10.2 Å². The summed E-state index contributed by atoms with van der Waals surface area (Å²) in [5, 5.41) is 6.90. The van der Waals surface area contributed by atoms with Crippen molar-refractivity contribution in [1.82, 2.24) is 20.1 Å². The molecule has 3 aromatic rings. The van der Waals surface area contributed by atoms with Crippen LogP contribution in [0.4, 0.5) is 13.2 Å². The van der Waals surface area contributed by atoms with Crippen molar-refractivity contribution in [1.29, 1.82) is 0 Å². The van der Waals surface area contributed by atoms with Gasteiger partial charge in [0.05, 0.1) is 42.6 Å². The largest absolute Gasteiger partial charge is 0.488 e. The lowest BCUT2D eigenvalue weighted by Gasteiger charge is -2.37. The molecule has 2 aliphatic heterocycles. The highest BCUT2D eigenvalue weighted by Gasteiger charge is 2.40. The van der Waals surface area contributed by atoms with Crippen molar-refractivity contribution < 1.29 is 31.9 Å². The molecule has 2 atom stereocenters.